The van der Waals surface area contributed by atoms with Crippen molar-refractivity contribution in [1.29, 1.82) is 0 Å². The van der Waals surface area contributed by atoms with E-state index in [9.17, 15) is 14.4 Å². The first-order valence-electron chi connectivity index (χ1n) is 5.09. The molecule has 0 spiro atoms. The molecule has 0 unspecified atom stereocenters. The van der Waals surface area contributed by atoms with Crippen molar-refractivity contribution in [3.8, 4) is 0 Å². The zero-order chi connectivity index (χ0) is 14.0. The van der Waals surface area contributed by atoms with E-state index in [0.717, 1.165) is 11.6 Å². The van der Waals surface area contributed by atoms with Gasteiger partial charge >= 0.3 is 11.9 Å². The summed E-state index contributed by atoms with van der Waals surface area (Å²) < 4.78 is 0. The Morgan fingerprint density at radius 3 is 2.00 bits per heavy atom. The van der Waals surface area contributed by atoms with E-state index >= 15 is 0 Å². The Labute approximate surface area is 104 Å². The number of rotatable bonds is 4. The number of carboxylic acids is 2. The molecule has 96 valence electrons. The largest absolute Gasteiger partial charge is 0.481 e. The summed E-state index contributed by atoms with van der Waals surface area (Å²) in [5.74, 6) is -2.30. The predicted molar refractivity (Wildman–Crippen MR) is 66.0 cm³/mol. The minimum atomic E-state index is -1.06. The quantitative estimate of drug-likeness (QED) is 0.628. The predicted octanol–water partition coefficient (Wildman–Crippen LogP) is 1.83. The van der Waals surface area contributed by atoms with Crippen molar-refractivity contribution >= 4 is 23.8 Å². The van der Waals surface area contributed by atoms with Crippen LogP contribution in [0.3, 0.4) is 0 Å². The lowest BCUT2D eigenvalue weighted by molar-refractivity contribution is -0.139. The van der Waals surface area contributed by atoms with Gasteiger partial charge in [-0.2, -0.15) is 0 Å². The molecule has 0 aliphatic heterocycles. The van der Waals surface area contributed by atoms with Gasteiger partial charge in [0, 0.05) is 6.08 Å². The number of Topliss-reactive ketones (excluding diaryl/α,β-unsaturated/α-hetero) is 1. The first kappa shape index (κ1) is 15.6. The Balaban J connectivity index is 0.000000360. The molecule has 1 aromatic carbocycles. The van der Waals surface area contributed by atoms with E-state index in [0.29, 0.717) is 0 Å². The molecule has 0 radical (unpaired) electrons. The zero-order valence-electron chi connectivity index (χ0n) is 9.87. The van der Waals surface area contributed by atoms with Crippen LogP contribution in [0.2, 0.25) is 0 Å². The highest BCUT2D eigenvalue weighted by Crippen LogP contribution is 1.99. The van der Waals surface area contributed by atoms with Gasteiger partial charge < -0.3 is 10.2 Å². The molecule has 0 saturated heterocycles. The van der Waals surface area contributed by atoms with Crippen molar-refractivity contribution in [3.63, 3.8) is 0 Å². The van der Waals surface area contributed by atoms with E-state index in [-0.39, 0.29) is 12.2 Å². The molecular formula is C13H14O5. The number of benzene rings is 1. The van der Waals surface area contributed by atoms with Crippen LogP contribution in [-0.2, 0) is 14.4 Å². The minimum Gasteiger partial charge on any atom is -0.481 e. The van der Waals surface area contributed by atoms with E-state index in [4.69, 9.17) is 10.2 Å². The van der Waals surface area contributed by atoms with Crippen LogP contribution in [0.1, 0.15) is 18.9 Å². The Kier molecular flexibility index (Phi) is 7.52. The average Bonchev–Trinajstić information content (AvgIpc) is 2.26. The Hall–Kier alpha value is -2.43. The lowest BCUT2D eigenvalue weighted by atomic mass is 10.2. The molecular weight excluding hydrogens is 236 g/mol. The molecule has 5 nitrogen and oxygen atoms in total. The molecule has 18 heavy (non-hydrogen) atoms. The van der Waals surface area contributed by atoms with Crippen LogP contribution in [0.25, 0.3) is 6.08 Å². The van der Waals surface area contributed by atoms with Crippen LogP contribution in [0.4, 0.5) is 0 Å². The number of hydrogen-bond donors (Lipinski definition) is 2. The van der Waals surface area contributed by atoms with Crippen LogP contribution in [0.15, 0.2) is 36.4 Å². The van der Waals surface area contributed by atoms with Gasteiger partial charge in [0.25, 0.3) is 0 Å². The fourth-order valence-electron chi connectivity index (χ4n) is 0.945. The zero-order valence-corrected chi connectivity index (χ0v) is 9.87. The van der Waals surface area contributed by atoms with E-state index in [1.807, 2.05) is 30.3 Å². The Bertz CT molecular complexity index is 422. The van der Waals surface area contributed by atoms with E-state index in [1.165, 1.54) is 6.92 Å². The summed E-state index contributed by atoms with van der Waals surface area (Å²) in [5, 5.41) is 16.2. The highest BCUT2D eigenvalue weighted by atomic mass is 16.4. The molecule has 1 rings (SSSR count). The average molecular weight is 250 g/mol. The summed E-state index contributed by atoms with van der Waals surface area (Å²) in [6, 6.07) is 9.31. The van der Waals surface area contributed by atoms with E-state index in [2.05, 4.69) is 0 Å². The summed E-state index contributed by atoms with van der Waals surface area (Å²) in [4.78, 5) is 29.5. The van der Waals surface area contributed by atoms with Crippen molar-refractivity contribution in [2.24, 2.45) is 0 Å². The molecule has 0 saturated carbocycles. The van der Waals surface area contributed by atoms with Crippen LogP contribution >= 0.6 is 0 Å². The minimum absolute atomic E-state index is 0.312. The van der Waals surface area contributed by atoms with Crippen LogP contribution in [-0.4, -0.2) is 27.9 Å². The number of carbonyl (C=O) groups excluding carboxylic acids is 1. The molecule has 0 atom stereocenters. The summed E-state index contributed by atoms with van der Waals surface area (Å²) in [7, 11) is 0. The fraction of sp³-hybridized carbons (Fsp3) is 0.154. The van der Waals surface area contributed by atoms with Crippen LogP contribution < -0.4 is 0 Å². The fourth-order valence-corrected chi connectivity index (χ4v) is 0.945. The van der Waals surface area contributed by atoms with Gasteiger partial charge in [0.2, 0.25) is 0 Å². The maximum Gasteiger partial charge on any atom is 0.328 e. The third-order valence-corrected chi connectivity index (χ3v) is 1.62. The third-order valence-electron chi connectivity index (χ3n) is 1.62. The molecule has 0 aliphatic rings. The molecule has 0 bridgehead atoms. The van der Waals surface area contributed by atoms with Crippen LogP contribution in [0.5, 0.6) is 0 Å². The number of carbonyl (C=O) groups is 3. The van der Waals surface area contributed by atoms with Gasteiger partial charge in [-0.15, -0.1) is 0 Å². The highest BCUT2D eigenvalue weighted by molar-refractivity contribution is 5.93. The number of carboxylic acid groups (broad SMARTS) is 2. The maximum absolute atomic E-state index is 10.1. The van der Waals surface area contributed by atoms with Gasteiger partial charge in [-0.25, -0.2) is 4.79 Å². The second-order valence-electron chi connectivity index (χ2n) is 3.35. The third kappa shape index (κ3) is 10.1. The monoisotopic (exact) mass is 250 g/mol. The van der Waals surface area contributed by atoms with Crippen molar-refractivity contribution in [2.45, 2.75) is 13.3 Å². The van der Waals surface area contributed by atoms with Crippen molar-refractivity contribution in [1.82, 2.24) is 0 Å². The van der Waals surface area contributed by atoms with E-state index in [1.54, 1.807) is 6.08 Å². The van der Waals surface area contributed by atoms with Gasteiger partial charge in [-0.3, -0.25) is 9.59 Å². The smallest absolute Gasteiger partial charge is 0.328 e. The molecule has 5 heteroatoms. The first-order valence-corrected chi connectivity index (χ1v) is 5.09. The second-order valence-corrected chi connectivity index (χ2v) is 3.35. The number of aliphatic carboxylic acids is 2. The summed E-state index contributed by atoms with van der Waals surface area (Å²) in [5.41, 5.74) is 0.898. The lowest BCUT2D eigenvalue weighted by Crippen LogP contribution is -2.00. The number of ketones is 1. The van der Waals surface area contributed by atoms with Crippen molar-refractivity contribution < 1.29 is 24.6 Å². The first-order chi connectivity index (χ1) is 8.41. The molecule has 0 heterocycles. The molecule has 2 N–H and O–H groups in total. The molecule has 0 aromatic heterocycles. The summed E-state index contributed by atoms with van der Waals surface area (Å²) >= 11 is 0. The molecule has 0 fully saturated rings. The molecule has 1 aromatic rings. The van der Waals surface area contributed by atoms with Gasteiger partial charge in [-0.1, -0.05) is 30.3 Å². The van der Waals surface area contributed by atoms with Gasteiger partial charge in [-0.05, 0) is 18.6 Å². The van der Waals surface area contributed by atoms with Gasteiger partial charge in [0.1, 0.15) is 12.2 Å². The SMILES string of the molecule is CC(=O)CC(=O)O.O=C(O)/C=C/c1ccccc1. The summed E-state index contributed by atoms with van der Waals surface area (Å²) in [6.07, 6.45) is 2.32. The lowest BCUT2D eigenvalue weighted by Gasteiger charge is -1.87. The van der Waals surface area contributed by atoms with Crippen molar-refractivity contribution in [3.05, 3.63) is 42.0 Å². The summed E-state index contributed by atoms with van der Waals surface area (Å²) in [6.45, 7) is 1.24. The van der Waals surface area contributed by atoms with E-state index < -0.39 is 11.9 Å². The molecule has 0 aliphatic carbocycles. The van der Waals surface area contributed by atoms with Crippen molar-refractivity contribution in [2.75, 3.05) is 0 Å². The van der Waals surface area contributed by atoms with Gasteiger partial charge in [0.15, 0.2) is 0 Å². The van der Waals surface area contributed by atoms with Gasteiger partial charge in [0.05, 0.1) is 0 Å². The Morgan fingerprint density at radius 2 is 1.67 bits per heavy atom. The Morgan fingerprint density at radius 1 is 1.11 bits per heavy atom. The molecule has 0 amide bonds. The van der Waals surface area contributed by atoms with Crippen LogP contribution in [0, 0.1) is 0 Å². The standard InChI is InChI=1S/C9H8O2.C4H6O3/c10-9(11)7-6-8-4-2-1-3-5-8;1-3(5)2-4(6)7/h1-7H,(H,10,11);2H2,1H3,(H,6,7)/b7-6+;. The second kappa shape index (κ2) is 8.69. The number of hydrogen-bond acceptors (Lipinski definition) is 3. The highest BCUT2D eigenvalue weighted by Gasteiger charge is 1.98. The normalized spacial score (nSPS) is 9.39. The maximum atomic E-state index is 10.1. The topological polar surface area (TPSA) is 91.7 Å².